The van der Waals surface area contributed by atoms with E-state index in [4.69, 9.17) is 10.2 Å². The van der Waals surface area contributed by atoms with Gasteiger partial charge >= 0.3 is 18.0 Å². The van der Waals surface area contributed by atoms with Gasteiger partial charge in [-0.15, -0.1) is 0 Å². The fourth-order valence-corrected chi connectivity index (χ4v) is 1.19. The first kappa shape index (κ1) is 13.5. The molecule has 9 nitrogen and oxygen atoms in total. The third kappa shape index (κ3) is 4.51. The van der Waals surface area contributed by atoms with Gasteiger partial charge in [-0.1, -0.05) is 0 Å². The minimum absolute atomic E-state index is 0.130. The van der Waals surface area contributed by atoms with Crippen LogP contribution in [0.25, 0.3) is 0 Å². The van der Waals surface area contributed by atoms with Gasteiger partial charge in [-0.3, -0.25) is 14.7 Å². The molecule has 1 heterocycles. The predicted molar refractivity (Wildman–Crippen MR) is 57.7 cm³/mol. The molecule has 1 rings (SSSR count). The molecule has 0 saturated heterocycles. The number of aliphatic carboxylic acids is 2. The highest BCUT2D eigenvalue weighted by molar-refractivity contribution is 5.84. The number of aromatic nitrogens is 2. The predicted octanol–water partition coefficient (Wildman–Crippen LogP) is -0.909. The lowest BCUT2D eigenvalue weighted by atomic mass is 10.3. The number of carbonyl (C=O) groups is 3. The van der Waals surface area contributed by atoms with Crippen molar-refractivity contribution in [3.63, 3.8) is 0 Å². The normalized spacial score (nSPS) is 9.78. The first-order valence-electron chi connectivity index (χ1n) is 4.93. The standard InChI is InChI=1S/C9H12N4O5/c14-7(15)4-13(5-8(16)17)9(18)10-1-6-2-11-12-3-6/h2-3H,1,4-5H2,(H,10,18)(H,11,12)(H,14,15)(H,16,17). The van der Waals surface area contributed by atoms with Crippen LogP contribution < -0.4 is 5.32 Å². The number of nitrogens with one attached hydrogen (secondary N) is 2. The lowest BCUT2D eigenvalue weighted by molar-refractivity contribution is -0.140. The maximum absolute atomic E-state index is 11.6. The van der Waals surface area contributed by atoms with Gasteiger partial charge in [0.05, 0.1) is 6.20 Å². The molecule has 0 fully saturated rings. The molecular formula is C9H12N4O5. The summed E-state index contributed by atoms with van der Waals surface area (Å²) in [6, 6.07) is -0.763. The zero-order chi connectivity index (χ0) is 13.5. The van der Waals surface area contributed by atoms with Gasteiger partial charge in [0.1, 0.15) is 13.1 Å². The number of nitrogens with zero attached hydrogens (tertiary/aromatic N) is 2. The molecular weight excluding hydrogens is 244 g/mol. The van der Waals surface area contributed by atoms with Crippen molar-refractivity contribution >= 4 is 18.0 Å². The molecule has 0 saturated carbocycles. The number of rotatable bonds is 6. The van der Waals surface area contributed by atoms with Crippen LogP contribution in [0.2, 0.25) is 0 Å². The third-order valence-corrected chi connectivity index (χ3v) is 1.94. The number of hydrogen-bond acceptors (Lipinski definition) is 4. The van der Waals surface area contributed by atoms with Crippen molar-refractivity contribution in [3.05, 3.63) is 18.0 Å². The lowest BCUT2D eigenvalue weighted by Gasteiger charge is -2.18. The molecule has 98 valence electrons. The fraction of sp³-hybridized carbons (Fsp3) is 0.333. The molecule has 0 aliphatic heterocycles. The van der Waals surface area contributed by atoms with E-state index in [2.05, 4.69) is 15.5 Å². The lowest BCUT2D eigenvalue weighted by Crippen LogP contribution is -2.45. The molecule has 0 atom stereocenters. The van der Waals surface area contributed by atoms with Crippen LogP contribution in [-0.4, -0.2) is 56.4 Å². The molecule has 0 bridgehead atoms. The second-order valence-electron chi connectivity index (χ2n) is 3.41. The Hall–Kier alpha value is -2.58. The van der Waals surface area contributed by atoms with Crippen LogP contribution >= 0.6 is 0 Å². The zero-order valence-corrected chi connectivity index (χ0v) is 9.29. The van der Waals surface area contributed by atoms with Crippen LogP contribution in [0, 0.1) is 0 Å². The molecule has 1 aromatic rings. The summed E-state index contributed by atoms with van der Waals surface area (Å²) in [7, 11) is 0. The summed E-state index contributed by atoms with van der Waals surface area (Å²) in [5, 5.41) is 25.7. The third-order valence-electron chi connectivity index (χ3n) is 1.94. The molecule has 2 amide bonds. The second kappa shape index (κ2) is 6.23. The van der Waals surface area contributed by atoms with Crippen molar-refractivity contribution in [2.24, 2.45) is 0 Å². The maximum atomic E-state index is 11.6. The Morgan fingerprint density at radius 3 is 2.33 bits per heavy atom. The fourth-order valence-electron chi connectivity index (χ4n) is 1.19. The molecule has 1 aromatic heterocycles. The van der Waals surface area contributed by atoms with Crippen LogP contribution in [0.1, 0.15) is 5.56 Å². The number of hydrogen-bond donors (Lipinski definition) is 4. The first-order valence-corrected chi connectivity index (χ1v) is 4.93. The van der Waals surface area contributed by atoms with E-state index in [1.54, 1.807) is 6.20 Å². The maximum Gasteiger partial charge on any atom is 0.323 e. The Kier molecular flexibility index (Phi) is 4.67. The first-order chi connectivity index (χ1) is 8.49. The molecule has 9 heteroatoms. The molecule has 18 heavy (non-hydrogen) atoms. The Balaban J connectivity index is 2.52. The Morgan fingerprint density at radius 1 is 1.28 bits per heavy atom. The number of H-pyrrole nitrogens is 1. The van der Waals surface area contributed by atoms with Crippen molar-refractivity contribution in [1.29, 1.82) is 0 Å². The van der Waals surface area contributed by atoms with E-state index >= 15 is 0 Å². The Morgan fingerprint density at radius 2 is 1.89 bits per heavy atom. The monoisotopic (exact) mass is 256 g/mol. The quantitative estimate of drug-likeness (QED) is 0.520. The highest BCUT2D eigenvalue weighted by Gasteiger charge is 2.19. The molecule has 0 aliphatic rings. The molecule has 0 aromatic carbocycles. The van der Waals surface area contributed by atoms with Gasteiger partial charge in [-0.05, 0) is 0 Å². The molecule has 0 radical (unpaired) electrons. The molecule has 4 N–H and O–H groups in total. The van der Waals surface area contributed by atoms with E-state index in [1.807, 2.05) is 0 Å². The van der Waals surface area contributed by atoms with E-state index in [0.29, 0.717) is 10.5 Å². The second-order valence-corrected chi connectivity index (χ2v) is 3.41. The van der Waals surface area contributed by atoms with Crippen LogP contribution in [0.15, 0.2) is 12.4 Å². The SMILES string of the molecule is O=C(O)CN(CC(=O)O)C(=O)NCc1cn[nH]c1. The molecule has 0 unspecified atom stereocenters. The van der Waals surface area contributed by atoms with E-state index in [9.17, 15) is 14.4 Å². The van der Waals surface area contributed by atoms with Crippen molar-refractivity contribution in [2.45, 2.75) is 6.54 Å². The van der Waals surface area contributed by atoms with Gasteiger partial charge in [0.15, 0.2) is 0 Å². The highest BCUT2D eigenvalue weighted by atomic mass is 16.4. The van der Waals surface area contributed by atoms with Crippen LogP contribution in [0.4, 0.5) is 4.79 Å². The molecule has 0 spiro atoms. The number of carboxylic acids is 2. The number of urea groups is 1. The van der Waals surface area contributed by atoms with Crippen molar-refractivity contribution < 1.29 is 24.6 Å². The summed E-state index contributed by atoms with van der Waals surface area (Å²) in [5.41, 5.74) is 0.689. The molecule has 0 aliphatic carbocycles. The smallest absolute Gasteiger partial charge is 0.323 e. The van der Waals surface area contributed by atoms with Crippen LogP contribution in [0.5, 0.6) is 0 Å². The summed E-state index contributed by atoms with van der Waals surface area (Å²) >= 11 is 0. The van der Waals surface area contributed by atoms with Crippen LogP contribution in [-0.2, 0) is 16.1 Å². The van der Waals surface area contributed by atoms with Gasteiger partial charge in [0, 0.05) is 18.3 Å². The van der Waals surface area contributed by atoms with Gasteiger partial charge in [-0.25, -0.2) is 4.79 Å². The van der Waals surface area contributed by atoms with Gasteiger partial charge < -0.3 is 20.4 Å². The average molecular weight is 256 g/mol. The van der Waals surface area contributed by atoms with E-state index in [0.717, 1.165) is 0 Å². The van der Waals surface area contributed by atoms with E-state index in [1.165, 1.54) is 6.20 Å². The van der Waals surface area contributed by atoms with Crippen molar-refractivity contribution in [2.75, 3.05) is 13.1 Å². The summed E-state index contributed by atoms with van der Waals surface area (Å²) < 4.78 is 0. The Bertz CT molecular complexity index is 414. The summed E-state index contributed by atoms with van der Waals surface area (Å²) in [6.45, 7) is -1.22. The van der Waals surface area contributed by atoms with Crippen molar-refractivity contribution in [3.8, 4) is 0 Å². The minimum Gasteiger partial charge on any atom is -0.480 e. The number of amides is 2. The highest BCUT2D eigenvalue weighted by Crippen LogP contribution is 1.95. The summed E-state index contributed by atoms with van der Waals surface area (Å²) in [5.74, 6) is -2.57. The van der Waals surface area contributed by atoms with E-state index < -0.39 is 31.1 Å². The minimum atomic E-state index is -1.28. The van der Waals surface area contributed by atoms with Gasteiger partial charge in [-0.2, -0.15) is 5.10 Å². The van der Waals surface area contributed by atoms with Crippen molar-refractivity contribution in [1.82, 2.24) is 20.4 Å². The summed E-state index contributed by atoms with van der Waals surface area (Å²) in [6.07, 6.45) is 3.04. The van der Waals surface area contributed by atoms with Crippen LogP contribution in [0.3, 0.4) is 0 Å². The average Bonchev–Trinajstić information content (AvgIpc) is 2.76. The van der Waals surface area contributed by atoms with Gasteiger partial charge in [0.2, 0.25) is 0 Å². The van der Waals surface area contributed by atoms with Gasteiger partial charge in [0.25, 0.3) is 0 Å². The summed E-state index contributed by atoms with van der Waals surface area (Å²) in [4.78, 5) is 33.3. The Labute approximate surface area is 101 Å². The number of carbonyl (C=O) groups excluding carboxylic acids is 1. The largest absolute Gasteiger partial charge is 0.480 e. The number of carboxylic acid groups (broad SMARTS) is 2. The van der Waals surface area contributed by atoms with E-state index in [-0.39, 0.29) is 6.54 Å². The number of aromatic amines is 1. The zero-order valence-electron chi connectivity index (χ0n) is 9.29. The topological polar surface area (TPSA) is 136 Å².